The number of rotatable bonds is 6. The van der Waals surface area contributed by atoms with Gasteiger partial charge < -0.3 is 14.1 Å². The van der Waals surface area contributed by atoms with Gasteiger partial charge in [0.2, 0.25) is 5.91 Å². The Labute approximate surface area is 216 Å². The maximum atomic E-state index is 13.3. The van der Waals surface area contributed by atoms with E-state index in [4.69, 9.17) is 4.42 Å². The van der Waals surface area contributed by atoms with E-state index in [1.807, 2.05) is 23.1 Å². The van der Waals surface area contributed by atoms with Crippen molar-refractivity contribution in [3.8, 4) is 5.75 Å². The first-order chi connectivity index (χ1) is 17.9. The number of amides is 2. The molecule has 2 amide bonds. The molecule has 0 unspecified atom stereocenters. The van der Waals surface area contributed by atoms with Crippen molar-refractivity contribution in [2.75, 3.05) is 11.4 Å². The molecule has 0 saturated heterocycles. The second-order valence-electron chi connectivity index (χ2n) is 8.49. The fraction of sp³-hybridized carbons (Fsp3) is 0.222. The van der Waals surface area contributed by atoms with Crippen LogP contribution in [0.5, 0.6) is 5.75 Å². The Morgan fingerprint density at radius 2 is 1.86 bits per heavy atom. The Morgan fingerprint density at radius 1 is 1.11 bits per heavy atom. The van der Waals surface area contributed by atoms with Crippen LogP contribution in [0.15, 0.2) is 82.0 Å². The smallest absolute Gasteiger partial charge is 0.387 e. The molecule has 37 heavy (non-hydrogen) atoms. The predicted octanol–water partition coefficient (Wildman–Crippen LogP) is 5.33. The molecule has 0 saturated carbocycles. The van der Waals surface area contributed by atoms with Crippen LogP contribution in [0.1, 0.15) is 23.8 Å². The van der Waals surface area contributed by atoms with Crippen LogP contribution in [0, 0.1) is 0 Å². The quantitative estimate of drug-likeness (QED) is 0.408. The summed E-state index contributed by atoms with van der Waals surface area (Å²) in [7, 11) is 0. The van der Waals surface area contributed by atoms with E-state index in [9.17, 15) is 18.4 Å². The molecule has 10 heteroatoms. The highest BCUT2D eigenvalue weighted by molar-refractivity contribution is 8.15. The number of nitrogens with zero attached hydrogens (tertiary/aromatic N) is 3. The summed E-state index contributed by atoms with van der Waals surface area (Å²) in [5, 5.41) is -0.215. The van der Waals surface area contributed by atoms with Gasteiger partial charge in [-0.1, -0.05) is 36.0 Å². The number of fused-ring (bicyclic) bond motifs is 1. The lowest BCUT2D eigenvalue weighted by Crippen LogP contribution is -2.41. The van der Waals surface area contributed by atoms with Crippen LogP contribution in [0.4, 0.5) is 14.5 Å². The van der Waals surface area contributed by atoms with E-state index in [1.165, 1.54) is 58.8 Å². The summed E-state index contributed by atoms with van der Waals surface area (Å²) in [4.78, 5) is 34.4. The molecule has 5 rings (SSSR count). The van der Waals surface area contributed by atoms with Crippen molar-refractivity contribution in [2.24, 2.45) is 4.99 Å². The Morgan fingerprint density at radius 3 is 2.57 bits per heavy atom. The van der Waals surface area contributed by atoms with Gasteiger partial charge in [-0.25, -0.2) is 4.99 Å². The molecule has 190 valence electrons. The van der Waals surface area contributed by atoms with Crippen molar-refractivity contribution < 1.29 is 27.5 Å². The minimum Gasteiger partial charge on any atom is -0.465 e. The van der Waals surface area contributed by atoms with Crippen molar-refractivity contribution in [3.05, 3.63) is 89.5 Å². The number of hydrogen-bond acceptors (Lipinski definition) is 6. The number of ether oxygens (including phenoxy) is 1. The molecule has 0 radical (unpaired) electrons. The number of anilines is 1. The summed E-state index contributed by atoms with van der Waals surface area (Å²) in [5.74, 6) is -0.0568. The zero-order valence-electron chi connectivity index (χ0n) is 19.8. The molecule has 0 bridgehead atoms. The summed E-state index contributed by atoms with van der Waals surface area (Å²) in [6.45, 7) is -0.0228. The standard InChI is InChI=1S/C27H23F2N3O4S/c1-17(24(33)31-13-12-18-5-2-3-6-19(18)16-31)37-27-30-23(15-22-7-4-14-35-22)25(34)32(27)20-8-10-21(11-9-20)36-26(28)29/h2-11,14-15,17,26H,12-13,16H2,1H3/b23-15+/t17-/m0/s1. The highest BCUT2D eigenvalue weighted by Crippen LogP contribution is 2.33. The third kappa shape index (κ3) is 5.43. The molecule has 0 fully saturated rings. The number of hydrogen-bond donors (Lipinski definition) is 0. The highest BCUT2D eigenvalue weighted by Gasteiger charge is 2.35. The predicted molar refractivity (Wildman–Crippen MR) is 137 cm³/mol. The molecule has 2 aromatic carbocycles. The third-order valence-corrected chi connectivity index (χ3v) is 7.08. The molecule has 3 heterocycles. The van der Waals surface area contributed by atoms with Gasteiger partial charge in [-0.3, -0.25) is 14.5 Å². The molecule has 7 nitrogen and oxygen atoms in total. The van der Waals surface area contributed by atoms with Gasteiger partial charge in [0.25, 0.3) is 5.91 Å². The van der Waals surface area contributed by atoms with E-state index in [0.29, 0.717) is 29.7 Å². The number of carbonyl (C=O) groups is 2. The lowest BCUT2D eigenvalue weighted by Gasteiger charge is -2.31. The van der Waals surface area contributed by atoms with Gasteiger partial charge in [0, 0.05) is 19.2 Å². The van der Waals surface area contributed by atoms with Crippen LogP contribution >= 0.6 is 11.8 Å². The fourth-order valence-electron chi connectivity index (χ4n) is 4.24. The van der Waals surface area contributed by atoms with Gasteiger partial charge in [-0.05, 0) is 60.9 Å². The van der Waals surface area contributed by atoms with Crippen LogP contribution in [0.3, 0.4) is 0 Å². The van der Waals surface area contributed by atoms with Gasteiger partial charge in [-0.15, -0.1) is 0 Å². The van der Waals surface area contributed by atoms with Crippen LogP contribution in [-0.2, 0) is 22.6 Å². The molecule has 3 aromatic rings. The molecular formula is C27H23F2N3O4S. The number of amidine groups is 1. The number of alkyl halides is 2. The molecular weight excluding hydrogens is 500 g/mol. The lowest BCUT2D eigenvalue weighted by atomic mass is 10.00. The maximum absolute atomic E-state index is 13.3. The van der Waals surface area contributed by atoms with Crippen LogP contribution in [0.25, 0.3) is 6.08 Å². The number of aliphatic imine (C=N–C) groups is 1. The van der Waals surface area contributed by atoms with Gasteiger partial charge in [0.15, 0.2) is 5.17 Å². The van der Waals surface area contributed by atoms with Crippen molar-refractivity contribution >= 4 is 40.5 Å². The molecule has 1 atom stereocenters. The normalized spacial score (nSPS) is 17.2. The number of thioether (sulfide) groups is 1. The van der Waals surface area contributed by atoms with E-state index in [0.717, 1.165) is 12.0 Å². The number of benzene rings is 2. The first-order valence-corrected chi connectivity index (χ1v) is 12.5. The van der Waals surface area contributed by atoms with Crippen LogP contribution in [-0.4, -0.2) is 40.3 Å². The van der Waals surface area contributed by atoms with Gasteiger partial charge in [-0.2, -0.15) is 8.78 Å². The Bertz CT molecular complexity index is 1360. The van der Waals surface area contributed by atoms with Crippen LogP contribution < -0.4 is 9.64 Å². The summed E-state index contributed by atoms with van der Waals surface area (Å²) in [5.41, 5.74) is 2.92. The lowest BCUT2D eigenvalue weighted by molar-refractivity contribution is -0.131. The number of halogens is 2. The second-order valence-corrected chi connectivity index (χ2v) is 9.80. The monoisotopic (exact) mass is 523 g/mol. The molecule has 0 aliphatic carbocycles. The Hall–Kier alpha value is -3.92. The molecule has 2 aliphatic rings. The van der Waals surface area contributed by atoms with Crippen molar-refractivity contribution in [1.29, 1.82) is 0 Å². The highest BCUT2D eigenvalue weighted by atomic mass is 32.2. The van der Waals surface area contributed by atoms with E-state index >= 15 is 0 Å². The van der Waals surface area contributed by atoms with E-state index in [1.54, 1.807) is 19.1 Å². The molecule has 1 aromatic heterocycles. The van der Waals surface area contributed by atoms with E-state index in [-0.39, 0.29) is 17.4 Å². The summed E-state index contributed by atoms with van der Waals surface area (Å²) in [6, 6.07) is 17.2. The SMILES string of the molecule is C[C@H](SC1=N/C(=C/c2ccco2)C(=O)N1c1ccc(OC(F)F)cc1)C(=O)N1CCc2ccccc2C1. The van der Waals surface area contributed by atoms with Crippen molar-refractivity contribution in [3.63, 3.8) is 0 Å². The first-order valence-electron chi connectivity index (χ1n) is 11.6. The van der Waals surface area contributed by atoms with Crippen LogP contribution in [0.2, 0.25) is 0 Å². The second kappa shape index (κ2) is 10.6. The van der Waals surface area contributed by atoms with Crippen molar-refractivity contribution in [2.45, 2.75) is 31.8 Å². The fourth-order valence-corrected chi connectivity index (χ4v) is 5.25. The summed E-state index contributed by atoms with van der Waals surface area (Å²) >= 11 is 1.17. The largest absolute Gasteiger partial charge is 0.465 e. The molecule has 0 N–H and O–H groups in total. The topological polar surface area (TPSA) is 75.4 Å². The maximum Gasteiger partial charge on any atom is 0.387 e. The zero-order valence-corrected chi connectivity index (χ0v) is 20.7. The van der Waals surface area contributed by atoms with Gasteiger partial charge in [0.05, 0.1) is 17.2 Å². The van der Waals surface area contributed by atoms with E-state index < -0.39 is 17.8 Å². The minimum absolute atomic E-state index is 0.0307. The average Bonchev–Trinajstić information content (AvgIpc) is 3.51. The number of furan rings is 1. The minimum atomic E-state index is -2.96. The van der Waals surface area contributed by atoms with Crippen molar-refractivity contribution in [1.82, 2.24) is 4.90 Å². The first kappa shape index (κ1) is 24.8. The Balaban J connectivity index is 1.38. The zero-order chi connectivity index (χ0) is 25.9. The van der Waals surface area contributed by atoms with Gasteiger partial charge >= 0.3 is 6.61 Å². The average molecular weight is 524 g/mol. The summed E-state index contributed by atoms with van der Waals surface area (Å²) in [6.07, 6.45) is 3.79. The molecule has 2 aliphatic heterocycles. The summed E-state index contributed by atoms with van der Waals surface area (Å²) < 4.78 is 34.9. The van der Waals surface area contributed by atoms with Gasteiger partial charge in [0.1, 0.15) is 17.2 Å². The molecule has 0 spiro atoms. The third-order valence-electron chi connectivity index (χ3n) is 6.04. The number of carbonyl (C=O) groups excluding carboxylic acids is 2. The Kier molecular flexibility index (Phi) is 7.09. The van der Waals surface area contributed by atoms with E-state index in [2.05, 4.69) is 15.8 Å².